The lowest BCUT2D eigenvalue weighted by Gasteiger charge is -2.07. The van der Waals surface area contributed by atoms with Gasteiger partial charge in [-0.1, -0.05) is 23.7 Å². The molecule has 0 saturated heterocycles. The maximum absolute atomic E-state index is 5.83. The summed E-state index contributed by atoms with van der Waals surface area (Å²) in [4.78, 5) is 7.99. The predicted octanol–water partition coefficient (Wildman–Crippen LogP) is 3.76. The lowest BCUT2D eigenvalue weighted by molar-refractivity contribution is 0.797. The highest BCUT2D eigenvalue weighted by Crippen LogP contribution is 2.18. The number of hydrogen-bond acceptors (Lipinski definition) is 3. The van der Waals surface area contributed by atoms with Crippen molar-refractivity contribution in [1.29, 1.82) is 0 Å². The van der Waals surface area contributed by atoms with Gasteiger partial charge in [0.05, 0.1) is 0 Å². The molecular formula is C16H17ClN4. The highest BCUT2D eigenvalue weighted by Gasteiger charge is 2.02. The quantitative estimate of drug-likeness (QED) is 0.730. The van der Waals surface area contributed by atoms with E-state index in [4.69, 9.17) is 11.6 Å². The number of aromatic nitrogens is 3. The van der Waals surface area contributed by atoms with E-state index in [-0.39, 0.29) is 0 Å². The number of rotatable bonds is 5. The minimum absolute atomic E-state index is 0.453. The van der Waals surface area contributed by atoms with Crippen LogP contribution in [0.15, 0.2) is 42.9 Å². The normalized spacial score (nSPS) is 11.0. The Bertz CT molecular complexity index is 751. The molecule has 0 atom stereocenters. The molecule has 0 aliphatic rings. The van der Waals surface area contributed by atoms with Crippen LogP contribution >= 0.6 is 11.6 Å². The second-order valence-electron chi connectivity index (χ2n) is 4.90. The Balaban J connectivity index is 1.67. The lowest BCUT2D eigenvalue weighted by atomic mass is 10.1. The zero-order valence-electron chi connectivity index (χ0n) is 11.9. The first-order valence-electron chi connectivity index (χ1n) is 7.05. The molecule has 0 aliphatic heterocycles. The molecule has 0 spiro atoms. The van der Waals surface area contributed by atoms with Crippen LogP contribution in [0.2, 0.25) is 5.15 Å². The zero-order valence-corrected chi connectivity index (χ0v) is 12.6. The molecule has 2 heterocycles. The number of anilines is 1. The Hall–Kier alpha value is -2.07. The van der Waals surface area contributed by atoms with E-state index in [0.717, 1.165) is 25.3 Å². The fourth-order valence-corrected chi connectivity index (χ4v) is 2.57. The fourth-order valence-electron chi connectivity index (χ4n) is 2.43. The van der Waals surface area contributed by atoms with Crippen LogP contribution in [0.4, 0.5) is 5.82 Å². The predicted molar refractivity (Wildman–Crippen MR) is 86.8 cm³/mol. The molecule has 4 nitrogen and oxygen atoms in total. The summed E-state index contributed by atoms with van der Waals surface area (Å²) in [6.45, 7) is 3.96. The van der Waals surface area contributed by atoms with Gasteiger partial charge in [0.2, 0.25) is 0 Å². The number of halogens is 1. The van der Waals surface area contributed by atoms with Crippen molar-refractivity contribution < 1.29 is 0 Å². The minimum atomic E-state index is 0.453. The topological polar surface area (TPSA) is 42.7 Å². The van der Waals surface area contributed by atoms with Crippen molar-refractivity contribution in [3.63, 3.8) is 0 Å². The first kappa shape index (κ1) is 13.9. The van der Waals surface area contributed by atoms with Crippen LogP contribution < -0.4 is 5.32 Å². The van der Waals surface area contributed by atoms with Gasteiger partial charge in [0.15, 0.2) is 0 Å². The average Bonchev–Trinajstić information content (AvgIpc) is 2.90. The monoisotopic (exact) mass is 300 g/mol. The number of hydrogen-bond donors (Lipinski definition) is 1. The molecule has 0 radical (unpaired) electrons. The molecule has 2 aromatic heterocycles. The van der Waals surface area contributed by atoms with Crippen LogP contribution in [0.3, 0.4) is 0 Å². The molecule has 5 heteroatoms. The van der Waals surface area contributed by atoms with Gasteiger partial charge in [-0.2, -0.15) is 0 Å². The molecule has 108 valence electrons. The van der Waals surface area contributed by atoms with Crippen molar-refractivity contribution >= 4 is 28.3 Å². The third-order valence-corrected chi connectivity index (χ3v) is 3.74. The summed E-state index contributed by atoms with van der Waals surface area (Å²) in [5, 5.41) is 5.00. The maximum atomic E-state index is 5.83. The number of nitrogens with one attached hydrogen (secondary N) is 1. The maximum Gasteiger partial charge on any atom is 0.134 e. The summed E-state index contributed by atoms with van der Waals surface area (Å²) in [7, 11) is 0. The van der Waals surface area contributed by atoms with Gasteiger partial charge in [0.1, 0.15) is 17.3 Å². The minimum Gasteiger partial charge on any atom is -0.370 e. The number of aryl methyl sites for hydroxylation is 1. The first-order valence-corrected chi connectivity index (χ1v) is 7.43. The van der Waals surface area contributed by atoms with Crippen molar-refractivity contribution in [3.8, 4) is 0 Å². The summed E-state index contributed by atoms with van der Waals surface area (Å²) in [5.74, 6) is 0.757. The van der Waals surface area contributed by atoms with E-state index in [1.807, 2.05) is 0 Å². The van der Waals surface area contributed by atoms with Gasteiger partial charge in [-0.05, 0) is 36.4 Å². The van der Waals surface area contributed by atoms with Crippen molar-refractivity contribution in [2.45, 2.75) is 19.9 Å². The largest absolute Gasteiger partial charge is 0.370 e. The number of nitrogens with zero attached hydrogens (tertiary/aromatic N) is 3. The Morgan fingerprint density at radius 1 is 1.19 bits per heavy atom. The highest BCUT2D eigenvalue weighted by atomic mass is 35.5. The Morgan fingerprint density at radius 3 is 2.90 bits per heavy atom. The van der Waals surface area contributed by atoms with E-state index in [1.165, 1.54) is 22.8 Å². The van der Waals surface area contributed by atoms with Gasteiger partial charge in [0.25, 0.3) is 0 Å². The molecule has 1 N–H and O–H groups in total. The third kappa shape index (κ3) is 3.16. The fraction of sp³-hybridized carbons (Fsp3) is 0.250. The molecule has 3 aromatic rings. The Kier molecular flexibility index (Phi) is 4.06. The van der Waals surface area contributed by atoms with E-state index in [0.29, 0.717) is 5.15 Å². The van der Waals surface area contributed by atoms with E-state index < -0.39 is 0 Å². The van der Waals surface area contributed by atoms with Crippen LogP contribution in [-0.2, 0) is 13.0 Å². The molecule has 0 bridgehead atoms. The van der Waals surface area contributed by atoms with E-state index in [2.05, 4.69) is 57.2 Å². The zero-order chi connectivity index (χ0) is 14.7. The van der Waals surface area contributed by atoms with Crippen LogP contribution in [-0.4, -0.2) is 21.1 Å². The second-order valence-corrected chi connectivity index (χ2v) is 5.28. The summed E-state index contributed by atoms with van der Waals surface area (Å²) >= 11 is 5.83. The first-order chi connectivity index (χ1) is 10.3. The van der Waals surface area contributed by atoms with Crippen LogP contribution in [0.25, 0.3) is 10.9 Å². The smallest absolute Gasteiger partial charge is 0.134 e. The molecule has 0 saturated carbocycles. The van der Waals surface area contributed by atoms with Gasteiger partial charge in [-0.3, -0.25) is 0 Å². The van der Waals surface area contributed by atoms with Crippen molar-refractivity contribution in [2.75, 3.05) is 11.9 Å². The second kappa shape index (κ2) is 6.14. The van der Waals surface area contributed by atoms with Gasteiger partial charge in [-0.15, -0.1) is 0 Å². The molecule has 0 unspecified atom stereocenters. The standard InChI is InChI=1S/C16H17ClN4/c1-2-21-8-6-13-4-3-12(9-14(13)21)5-7-18-16-10-15(17)19-11-20-16/h3-4,6,8-11H,2,5,7H2,1H3,(H,18,19,20). The van der Waals surface area contributed by atoms with E-state index >= 15 is 0 Å². The molecule has 21 heavy (non-hydrogen) atoms. The van der Waals surface area contributed by atoms with Crippen molar-refractivity contribution in [1.82, 2.24) is 14.5 Å². The highest BCUT2D eigenvalue weighted by molar-refractivity contribution is 6.29. The molecule has 0 aliphatic carbocycles. The molecule has 3 rings (SSSR count). The lowest BCUT2D eigenvalue weighted by Crippen LogP contribution is -2.06. The van der Waals surface area contributed by atoms with Crippen LogP contribution in [0, 0.1) is 0 Å². The third-order valence-electron chi connectivity index (χ3n) is 3.53. The molecule has 0 amide bonds. The van der Waals surface area contributed by atoms with Crippen LogP contribution in [0.1, 0.15) is 12.5 Å². The summed E-state index contributed by atoms with van der Waals surface area (Å²) in [6, 6.07) is 10.5. The van der Waals surface area contributed by atoms with Crippen molar-refractivity contribution in [3.05, 3.63) is 53.6 Å². The van der Waals surface area contributed by atoms with E-state index in [1.54, 1.807) is 6.07 Å². The van der Waals surface area contributed by atoms with Crippen molar-refractivity contribution in [2.24, 2.45) is 0 Å². The molecular weight excluding hydrogens is 284 g/mol. The summed E-state index contributed by atoms with van der Waals surface area (Å²) < 4.78 is 2.26. The number of fused-ring (bicyclic) bond motifs is 1. The van der Waals surface area contributed by atoms with Gasteiger partial charge >= 0.3 is 0 Å². The van der Waals surface area contributed by atoms with Gasteiger partial charge in [0, 0.05) is 30.9 Å². The SMILES string of the molecule is CCn1ccc2ccc(CCNc3cc(Cl)ncn3)cc21. The van der Waals surface area contributed by atoms with Gasteiger partial charge < -0.3 is 9.88 Å². The summed E-state index contributed by atoms with van der Waals surface area (Å²) in [6.07, 6.45) is 4.53. The molecule has 1 aromatic carbocycles. The van der Waals surface area contributed by atoms with Gasteiger partial charge in [-0.25, -0.2) is 9.97 Å². The Morgan fingerprint density at radius 2 is 2.10 bits per heavy atom. The van der Waals surface area contributed by atoms with E-state index in [9.17, 15) is 0 Å². The average molecular weight is 301 g/mol. The Labute approximate surface area is 128 Å². The summed E-state index contributed by atoms with van der Waals surface area (Å²) in [5.41, 5.74) is 2.60. The van der Waals surface area contributed by atoms with Crippen LogP contribution in [0.5, 0.6) is 0 Å². The number of benzene rings is 1. The molecule has 0 fully saturated rings.